The molecule has 105 heavy (non-hydrogen) atoms. The number of aliphatic hydroxyl groups is 22. The zero-order chi connectivity index (χ0) is 78.7. The minimum Gasteiger partial charge on any atom is -0.506 e. The van der Waals surface area contributed by atoms with Gasteiger partial charge >= 0.3 is 11.9 Å². The summed E-state index contributed by atoms with van der Waals surface area (Å²) in [7, 11) is 0. The van der Waals surface area contributed by atoms with E-state index in [1.165, 1.54) is 13.8 Å². The van der Waals surface area contributed by atoms with E-state index in [0.29, 0.717) is 38.4 Å². The molecule has 0 aromatic heterocycles. The van der Waals surface area contributed by atoms with Gasteiger partial charge in [0.1, 0.15) is 96.7 Å². The maximum absolute atomic E-state index is 15.7. The van der Waals surface area contributed by atoms with Crippen LogP contribution in [-0.4, -0.2) is 333 Å². The summed E-state index contributed by atoms with van der Waals surface area (Å²) in [6, 6.07) is 0. The minimum absolute atomic E-state index is 0.00586. The van der Waals surface area contributed by atoms with Crippen molar-refractivity contribution < 1.29 is 179 Å². The molecule has 0 amide bonds. The van der Waals surface area contributed by atoms with E-state index in [4.69, 9.17) is 47.4 Å². The summed E-state index contributed by atoms with van der Waals surface area (Å²) in [5.74, 6) is -7.12. The fourth-order valence-corrected chi connectivity index (χ4v) is 18.4. The van der Waals surface area contributed by atoms with Gasteiger partial charge in [0.2, 0.25) is 12.6 Å². The molecule has 0 aromatic rings. The molecule has 37 atom stereocenters. The Morgan fingerprint density at radius 2 is 1.29 bits per heavy atom. The minimum atomic E-state index is -2.81. The summed E-state index contributed by atoms with van der Waals surface area (Å²) in [6.45, 7) is 14.5. The van der Waals surface area contributed by atoms with Crippen LogP contribution in [0.1, 0.15) is 140 Å². The van der Waals surface area contributed by atoms with Crippen molar-refractivity contribution in [3.05, 3.63) is 23.2 Å². The molecule has 0 aromatic carbocycles. The molecule has 8 rings (SSSR count). The number of hydrogen-bond donors (Lipinski definition) is 23. The first-order chi connectivity index (χ1) is 48.7. The molecule has 3 heterocycles. The van der Waals surface area contributed by atoms with Crippen LogP contribution in [0, 0.1) is 50.2 Å². The Balaban J connectivity index is 1.04. The van der Waals surface area contributed by atoms with Crippen LogP contribution in [0.3, 0.4) is 0 Å². The third kappa shape index (κ3) is 16.6. The number of rotatable bonds is 31. The number of carboxylic acid groups (broad SMARTS) is 1. The molecule has 36 nitrogen and oxygen atoms in total. The van der Waals surface area contributed by atoms with Gasteiger partial charge in [-0.05, 0) is 125 Å². The van der Waals surface area contributed by atoms with Crippen molar-refractivity contribution in [3.8, 4) is 0 Å². The number of allylic oxidation sites excluding steroid dienone is 2. The van der Waals surface area contributed by atoms with Crippen molar-refractivity contribution in [3.63, 3.8) is 0 Å². The van der Waals surface area contributed by atoms with E-state index in [0.717, 1.165) is 19.4 Å². The molecular weight excluding hydrogens is 1400 g/mol. The number of hydrogen-bond acceptors (Lipinski definition) is 35. The van der Waals surface area contributed by atoms with Crippen LogP contribution in [-0.2, 0) is 61.8 Å². The number of carboxylic acids is 1. The number of esters is 1. The third-order valence-corrected chi connectivity index (χ3v) is 24.9. The quantitative estimate of drug-likeness (QED) is 0.0102. The third-order valence-electron chi connectivity index (χ3n) is 24.9. The van der Waals surface area contributed by atoms with Crippen LogP contribution in [0.2, 0.25) is 0 Å². The molecule has 7 fully saturated rings. The lowest BCUT2D eigenvalue weighted by Crippen LogP contribution is -2.69. The second-order valence-corrected chi connectivity index (χ2v) is 32.2. The van der Waals surface area contributed by atoms with Gasteiger partial charge in [-0.1, -0.05) is 53.2 Å². The summed E-state index contributed by atoms with van der Waals surface area (Å²) in [5, 5.41) is 250. The van der Waals surface area contributed by atoms with Crippen LogP contribution < -0.4 is 0 Å². The molecule has 0 spiro atoms. The Morgan fingerprint density at radius 3 is 1.88 bits per heavy atom. The average molecular weight is 1520 g/mol. The van der Waals surface area contributed by atoms with E-state index in [-0.39, 0.29) is 31.6 Å². The van der Waals surface area contributed by atoms with E-state index >= 15 is 4.79 Å². The highest BCUT2D eigenvalue weighted by molar-refractivity contribution is 5.80. The molecule has 606 valence electrons. The van der Waals surface area contributed by atoms with E-state index in [1.54, 1.807) is 6.92 Å². The number of aldehydes is 1. The lowest BCUT2D eigenvalue weighted by Gasteiger charge is -2.71. The Bertz CT molecular complexity index is 3000. The first kappa shape index (κ1) is 87.1. The molecule has 30 unspecified atom stereocenters. The van der Waals surface area contributed by atoms with Crippen LogP contribution in [0.15, 0.2) is 23.2 Å². The Morgan fingerprint density at radius 1 is 0.648 bits per heavy atom. The van der Waals surface area contributed by atoms with Gasteiger partial charge in [-0.25, -0.2) is 0 Å². The summed E-state index contributed by atoms with van der Waals surface area (Å²) >= 11 is 0. The molecule has 3 saturated heterocycles. The highest BCUT2D eigenvalue weighted by atomic mass is 16.8. The van der Waals surface area contributed by atoms with Crippen molar-refractivity contribution >= 4 is 18.2 Å². The lowest BCUT2D eigenvalue weighted by atomic mass is 9.33. The summed E-state index contributed by atoms with van der Waals surface area (Å²) in [4.78, 5) is 41.8. The number of aliphatic hydroxyl groups excluding tert-OH is 21. The second-order valence-electron chi connectivity index (χ2n) is 32.2. The van der Waals surface area contributed by atoms with Gasteiger partial charge in [0.15, 0.2) is 49.1 Å². The lowest BCUT2D eigenvalue weighted by molar-refractivity contribution is -0.369. The highest BCUT2D eigenvalue weighted by Crippen LogP contribution is 2.76. The highest BCUT2D eigenvalue weighted by Gasteiger charge is 2.73. The molecule has 3 aliphatic heterocycles. The molecule has 4 saturated carbocycles. The molecular formula is C69H114O36. The van der Waals surface area contributed by atoms with Crippen molar-refractivity contribution in [1.82, 2.24) is 0 Å². The molecule has 36 heteroatoms. The number of carbonyl (C=O) groups excluding carboxylic acids is 2. The average Bonchev–Trinajstić information content (AvgIpc) is 0.841. The molecule has 0 radical (unpaired) electrons. The van der Waals surface area contributed by atoms with Crippen molar-refractivity contribution in [1.29, 1.82) is 0 Å². The van der Waals surface area contributed by atoms with Gasteiger partial charge < -0.3 is 170 Å². The van der Waals surface area contributed by atoms with Crippen LogP contribution >= 0.6 is 0 Å². The molecule has 0 bridgehead atoms. The summed E-state index contributed by atoms with van der Waals surface area (Å²) in [6.07, 6.45) is -52.6. The topological polar surface area (TPSA) is 609 Å². The standard InChI is InChI=1S/C69H114O36/c1-27(73)40(80)45(85)55(90)101-51(34(76)21-39(78)79)53(102-56(91)46(86)42(82)33(75)15-20-70)58(93)99-38-14-16-64(7)35(65(38,8)24-71)13-17-66(9)36(64)12-11-31-32-22-63(5,6)18-19-69(32,37(77)23-67(31,66)10)62(94)105-60-52(43(83)41(81)29(3)97-60)104-59-47(87)44(84)50(30(4)98-59)100-57(92)48(88)49(28(2)74)103-61-54(89)68(95,25-72)26-96-61/h11,24,27-30,32-38,40-41,43-45,47-61,70,72-77,80-93,95H,12-23,25-26H2,1-10H3,(H,78,79)/b46-42+/t27?,28?,29?,30?,32?,33?,34?,35?,36?,37-,38+,40?,41?,43?,44?,45?,47?,48?,49?,50?,51?,52?,53?,54?,55?,56?,57?,58?,59?,60?,61?,64+,65+,66-,67-,68?,69-/m1/s1. The van der Waals surface area contributed by atoms with Gasteiger partial charge in [-0.2, -0.15) is 0 Å². The first-order valence-electron chi connectivity index (χ1n) is 35.8. The Labute approximate surface area is 606 Å². The number of carbonyl (C=O) groups is 3. The van der Waals surface area contributed by atoms with Gasteiger partial charge in [-0.3, -0.25) is 9.59 Å². The fourth-order valence-electron chi connectivity index (χ4n) is 18.4. The number of aliphatic carboxylic acids is 1. The molecule has 8 aliphatic rings. The first-order valence-corrected chi connectivity index (χ1v) is 35.8. The molecule has 23 N–H and O–H groups in total. The normalized spacial score (nSPS) is 43.3. The number of fused-ring (bicyclic) bond motifs is 7. The monoisotopic (exact) mass is 1520 g/mol. The second kappa shape index (κ2) is 33.5. The molecule has 5 aliphatic carbocycles. The van der Waals surface area contributed by atoms with Gasteiger partial charge in [0.25, 0.3) is 0 Å². The predicted molar refractivity (Wildman–Crippen MR) is 350 cm³/mol. The van der Waals surface area contributed by atoms with E-state index in [1.807, 2.05) is 27.7 Å². The fraction of sp³-hybridized carbons (Fsp3) is 0.899. The van der Waals surface area contributed by atoms with Gasteiger partial charge in [0, 0.05) is 13.0 Å². The maximum Gasteiger partial charge on any atom is 0.317 e. The van der Waals surface area contributed by atoms with E-state index in [2.05, 4.69) is 13.0 Å². The van der Waals surface area contributed by atoms with Crippen LogP contribution in [0.25, 0.3) is 0 Å². The largest absolute Gasteiger partial charge is 0.506 e. The predicted octanol–water partition coefficient (Wildman–Crippen LogP) is -4.81. The van der Waals surface area contributed by atoms with Crippen molar-refractivity contribution in [2.75, 3.05) is 19.8 Å². The van der Waals surface area contributed by atoms with E-state index in [9.17, 15) is 127 Å². The zero-order valence-corrected chi connectivity index (χ0v) is 60.5. The summed E-state index contributed by atoms with van der Waals surface area (Å²) < 4.78 is 58.0. The van der Waals surface area contributed by atoms with E-state index < -0.39 is 278 Å². The Hall–Kier alpha value is -3.47. The van der Waals surface area contributed by atoms with Crippen molar-refractivity contribution in [2.24, 2.45) is 50.2 Å². The Kier molecular flexibility index (Phi) is 27.8. The maximum atomic E-state index is 15.7. The van der Waals surface area contributed by atoms with Gasteiger partial charge in [0.05, 0.1) is 67.8 Å². The smallest absolute Gasteiger partial charge is 0.317 e. The van der Waals surface area contributed by atoms with Crippen LogP contribution in [0.5, 0.6) is 0 Å². The van der Waals surface area contributed by atoms with Crippen LogP contribution in [0.4, 0.5) is 0 Å². The van der Waals surface area contributed by atoms with Gasteiger partial charge in [-0.15, -0.1) is 0 Å². The SMILES string of the molecule is CC(O)C(O)C(O)C(O)OC(C(O)CC(=O)O)C(OC(O)/C(O)=C(\O)C(O)CCO)C(O)O[C@H]1CC[C@@]2(C)C(CC[C@]3(C)C2CC=C2C4CC(C)(C)CC[C@]4(C(=O)OC4OC(C)C(O)C(O)C4OC4OC(C)C(OC(O)C(O)C(OC5OCC(O)(CO)C5O)C(C)O)C(O)C4O)[C@H](O)C[C@]23C)[C@]1(C)C=O. The van der Waals surface area contributed by atoms with Crippen molar-refractivity contribution in [2.45, 2.75) is 318 Å². The number of ether oxygens (including phenoxy) is 10. The summed E-state index contributed by atoms with van der Waals surface area (Å²) in [5.41, 5.74) is -7.37. The zero-order valence-electron chi connectivity index (χ0n) is 60.5.